The molecule has 3 saturated carbocycles. The number of rotatable bonds is 11. The van der Waals surface area contributed by atoms with Crippen LogP contribution in [-0.2, 0) is 9.59 Å². The lowest BCUT2D eigenvalue weighted by molar-refractivity contribution is -0.393. The van der Waals surface area contributed by atoms with Crippen LogP contribution in [0.15, 0.2) is 34.9 Å². The van der Waals surface area contributed by atoms with Crippen LogP contribution in [0.3, 0.4) is 0 Å². The molecule has 12 nitrogen and oxygen atoms in total. The fraction of sp³-hybridized carbons (Fsp3) is 0.686. The number of hydrazone groups is 1. The van der Waals surface area contributed by atoms with Gasteiger partial charge in [-0.15, -0.1) is 0 Å². The van der Waals surface area contributed by atoms with E-state index in [0.29, 0.717) is 37.6 Å². The summed E-state index contributed by atoms with van der Waals surface area (Å²) in [4.78, 5) is 47.0. The number of aliphatic hydroxyl groups excluding tert-OH is 1. The van der Waals surface area contributed by atoms with Crippen molar-refractivity contribution < 1.29 is 24.5 Å². The number of anilines is 1. The van der Waals surface area contributed by atoms with Gasteiger partial charge in [-0.05, 0) is 91.9 Å². The van der Waals surface area contributed by atoms with Gasteiger partial charge in [0.25, 0.3) is 5.69 Å². The van der Waals surface area contributed by atoms with E-state index in [4.69, 9.17) is 5.10 Å². The van der Waals surface area contributed by atoms with Gasteiger partial charge in [0.05, 0.1) is 22.0 Å². The first-order valence-electron chi connectivity index (χ1n) is 17.1. The van der Waals surface area contributed by atoms with Gasteiger partial charge >= 0.3 is 5.69 Å². The van der Waals surface area contributed by atoms with Gasteiger partial charge in [0, 0.05) is 43.5 Å². The summed E-state index contributed by atoms with van der Waals surface area (Å²) in [6.07, 6.45) is 9.17. The quantitative estimate of drug-likeness (QED) is 0.136. The third kappa shape index (κ3) is 6.71. The van der Waals surface area contributed by atoms with E-state index in [1.165, 1.54) is 24.6 Å². The molecule has 0 heterocycles. The maximum Gasteiger partial charge on any atom is 0.301 e. The average Bonchev–Trinajstić information content (AvgIpc) is 3.33. The summed E-state index contributed by atoms with van der Waals surface area (Å²) >= 11 is 0. The van der Waals surface area contributed by atoms with Crippen molar-refractivity contribution in [1.29, 1.82) is 0 Å². The lowest BCUT2D eigenvalue weighted by Gasteiger charge is -2.58. The molecule has 4 aliphatic rings. The number of Topliss-reactive ketones (excluding diaryl/α,β-unsaturated/α-hetero) is 1. The van der Waals surface area contributed by atoms with Crippen LogP contribution in [0.4, 0.5) is 17.1 Å². The highest BCUT2D eigenvalue weighted by molar-refractivity contribution is 5.96. The van der Waals surface area contributed by atoms with Crippen molar-refractivity contribution in [3.8, 4) is 0 Å². The number of amides is 1. The molecule has 12 heteroatoms. The van der Waals surface area contributed by atoms with Crippen LogP contribution < -0.4 is 10.7 Å². The van der Waals surface area contributed by atoms with Crippen molar-refractivity contribution in [3.63, 3.8) is 0 Å². The van der Waals surface area contributed by atoms with Crippen molar-refractivity contribution in [2.45, 2.75) is 98.5 Å². The molecule has 0 aromatic heterocycles. The van der Waals surface area contributed by atoms with Crippen LogP contribution in [0, 0.1) is 66.6 Å². The molecule has 0 unspecified atom stereocenters. The SMILES string of the molecule is CC(=O)NC[C@@H](C)CCC(=O)[C@H](C)[C@@H]1/C(=N/Nc2ccc([N+](=O)[O-])cc2[N+](=O)[O-])C[C@@H]2[C@H]3CC=C4C[C@@H](O)CC[C@]4(C)[C@@H]3CC[C@@]21C. The van der Waals surface area contributed by atoms with Gasteiger partial charge in [0.15, 0.2) is 0 Å². The standard InChI is InChI=1S/C35H49N5O7/c1-20(19-36-22(3)41)6-11-32(43)21(2)33-30(38-37-29-10-8-24(39(44)45)17-31(29)40(46)47)18-28-26-9-7-23-16-25(42)12-14-34(23,4)27(26)13-15-35(28,33)5/h7-8,10,17,20-21,25-28,33,37,42H,6,9,11-16,18-19H2,1-5H3,(H,36,41)/b38-30+/t20-,21-,25-,26-,27+,28+,33+,34-,35-/m0/s1. The molecule has 3 fully saturated rings. The molecule has 1 amide bonds. The molecule has 3 N–H and O–H groups in total. The Bertz CT molecular complexity index is 1490. The van der Waals surface area contributed by atoms with E-state index in [-0.39, 0.29) is 63.7 Å². The predicted octanol–water partition coefficient (Wildman–Crippen LogP) is 6.58. The number of nitro groups is 2. The number of ketones is 1. The molecule has 0 saturated heterocycles. The minimum absolute atomic E-state index is 0.0436. The second kappa shape index (κ2) is 13.4. The van der Waals surface area contributed by atoms with E-state index in [1.54, 1.807) is 0 Å². The summed E-state index contributed by atoms with van der Waals surface area (Å²) in [6, 6.07) is 3.46. The highest BCUT2D eigenvalue weighted by Gasteiger charge is 2.61. The molecule has 0 spiro atoms. The highest BCUT2D eigenvalue weighted by atomic mass is 16.6. The Balaban J connectivity index is 1.46. The van der Waals surface area contributed by atoms with E-state index in [2.05, 4.69) is 30.7 Å². The minimum Gasteiger partial charge on any atom is -0.393 e. The van der Waals surface area contributed by atoms with Crippen LogP contribution in [0.1, 0.15) is 92.4 Å². The first-order valence-corrected chi connectivity index (χ1v) is 17.1. The van der Waals surface area contributed by atoms with Gasteiger partial charge in [-0.3, -0.25) is 35.2 Å². The zero-order chi connectivity index (χ0) is 34.3. The molecular weight excluding hydrogens is 602 g/mol. The number of carbonyl (C=O) groups is 2. The number of aliphatic hydroxyl groups is 1. The maximum absolute atomic E-state index is 13.9. The Hall–Kier alpha value is -3.67. The fourth-order valence-electron chi connectivity index (χ4n) is 9.70. The topological polar surface area (TPSA) is 177 Å². The van der Waals surface area contributed by atoms with Gasteiger partial charge in [0.1, 0.15) is 11.5 Å². The number of allylic oxidation sites excluding steroid dienone is 1. The highest BCUT2D eigenvalue weighted by Crippen LogP contribution is 2.66. The van der Waals surface area contributed by atoms with Crippen molar-refractivity contribution in [2.75, 3.05) is 12.0 Å². The number of benzene rings is 1. The molecule has 1 aromatic carbocycles. The molecule has 9 atom stereocenters. The predicted molar refractivity (Wildman–Crippen MR) is 179 cm³/mol. The van der Waals surface area contributed by atoms with Crippen molar-refractivity contribution in [1.82, 2.24) is 5.32 Å². The van der Waals surface area contributed by atoms with Gasteiger partial charge in [-0.25, -0.2) is 0 Å². The van der Waals surface area contributed by atoms with Crippen LogP contribution in [0.25, 0.3) is 0 Å². The number of nitrogens with one attached hydrogen (secondary N) is 2. The van der Waals surface area contributed by atoms with Gasteiger partial charge < -0.3 is 10.4 Å². The number of nitrogens with zero attached hydrogens (tertiary/aromatic N) is 3. The molecule has 47 heavy (non-hydrogen) atoms. The zero-order valence-corrected chi connectivity index (χ0v) is 28.2. The Morgan fingerprint density at radius 2 is 1.83 bits per heavy atom. The Morgan fingerprint density at radius 1 is 1.09 bits per heavy atom. The molecular formula is C35H49N5O7. The summed E-state index contributed by atoms with van der Waals surface area (Å²) in [5, 5.41) is 41.2. The van der Waals surface area contributed by atoms with Crippen LogP contribution >= 0.6 is 0 Å². The van der Waals surface area contributed by atoms with Crippen molar-refractivity contribution >= 4 is 34.5 Å². The van der Waals surface area contributed by atoms with Gasteiger partial charge in [-0.1, -0.05) is 39.3 Å². The van der Waals surface area contributed by atoms with E-state index in [1.807, 2.05) is 13.8 Å². The summed E-state index contributed by atoms with van der Waals surface area (Å²) in [6.45, 7) is 10.7. The number of non-ortho nitro benzene ring substituents is 1. The number of nitro benzene ring substituents is 2. The smallest absolute Gasteiger partial charge is 0.301 e. The average molecular weight is 652 g/mol. The molecule has 5 rings (SSSR count). The third-order valence-electron chi connectivity index (χ3n) is 12.3. The third-order valence-corrected chi connectivity index (χ3v) is 12.3. The largest absolute Gasteiger partial charge is 0.393 e. The Labute approximate surface area is 276 Å². The maximum atomic E-state index is 13.9. The molecule has 256 valence electrons. The van der Waals surface area contributed by atoms with Crippen LogP contribution in [0.2, 0.25) is 0 Å². The van der Waals surface area contributed by atoms with Gasteiger partial charge in [-0.2, -0.15) is 5.10 Å². The monoisotopic (exact) mass is 651 g/mol. The van der Waals surface area contributed by atoms with E-state index in [0.717, 1.165) is 50.3 Å². The second-order valence-electron chi connectivity index (χ2n) is 15.1. The normalized spacial score (nSPS) is 33.4. The first-order chi connectivity index (χ1) is 22.2. The summed E-state index contributed by atoms with van der Waals surface area (Å²) < 4.78 is 0. The van der Waals surface area contributed by atoms with Gasteiger partial charge in [0.2, 0.25) is 5.91 Å². The molecule has 0 radical (unpaired) electrons. The lowest BCUT2D eigenvalue weighted by Crippen LogP contribution is -2.51. The number of carbonyl (C=O) groups excluding carboxylic acids is 2. The van der Waals surface area contributed by atoms with E-state index >= 15 is 0 Å². The zero-order valence-electron chi connectivity index (χ0n) is 28.2. The summed E-state index contributed by atoms with van der Waals surface area (Å²) in [5.74, 6) is 0.795. The Morgan fingerprint density at radius 3 is 2.51 bits per heavy atom. The fourth-order valence-corrected chi connectivity index (χ4v) is 9.70. The van der Waals surface area contributed by atoms with Crippen LogP contribution in [0.5, 0.6) is 0 Å². The number of hydrogen-bond donors (Lipinski definition) is 3. The van der Waals surface area contributed by atoms with Crippen LogP contribution in [-0.4, -0.2) is 45.0 Å². The number of hydrogen-bond acceptors (Lipinski definition) is 9. The van der Waals surface area contributed by atoms with E-state index in [9.17, 15) is 34.9 Å². The summed E-state index contributed by atoms with van der Waals surface area (Å²) in [5.41, 5.74) is 4.18. The molecule has 0 aliphatic heterocycles. The Kier molecular flexibility index (Phi) is 9.92. The van der Waals surface area contributed by atoms with Crippen molar-refractivity contribution in [2.24, 2.45) is 51.4 Å². The molecule has 1 aromatic rings. The second-order valence-corrected chi connectivity index (χ2v) is 15.1. The van der Waals surface area contributed by atoms with Crippen molar-refractivity contribution in [3.05, 3.63) is 50.1 Å². The molecule has 0 bridgehead atoms. The van der Waals surface area contributed by atoms with E-state index < -0.39 is 15.5 Å². The summed E-state index contributed by atoms with van der Waals surface area (Å²) in [7, 11) is 0. The number of fused-ring (bicyclic) bond motifs is 5. The first kappa shape index (κ1) is 34.7. The molecule has 4 aliphatic carbocycles. The minimum atomic E-state index is -0.667. The lowest BCUT2D eigenvalue weighted by atomic mass is 9.47.